The fraction of sp³-hybridized carbons (Fsp3) is 0.125. The standard InChI is InChI=1S/C16H13ClN4O/c1-20-15(19-12-5-3-2-4-11(12)16(20)22)13-8-18-14-7-6-10(17)9-21(13)14/h2-9,15,19H,1H3. The average molecular weight is 313 g/mol. The lowest BCUT2D eigenvalue weighted by molar-refractivity contribution is 0.0732. The number of carbonyl (C=O) groups excluding carboxylic acids is 1. The van der Waals surface area contributed by atoms with Gasteiger partial charge in [-0.05, 0) is 24.3 Å². The maximum atomic E-state index is 12.6. The summed E-state index contributed by atoms with van der Waals surface area (Å²) in [7, 11) is 1.78. The van der Waals surface area contributed by atoms with E-state index in [9.17, 15) is 4.79 Å². The zero-order valence-electron chi connectivity index (χ0n) is 11.8. The highest BCUT2D eigenvalue weighted by atomic mass is 35.5. The van der Waals surface area contributed by atoms with E-state index in [4.69, 9.17) is 11.6 Å². The second kappa shape index (κ2) is 4.74. The minimum absolute atomic E-state index is 0.0173. The first-order chi connectivity index (χ1) is 10.6. The first-order valence-corrected chi connectivity index (χ1v) is 7.28. The SMILES string of the molecule is CN1C(=O)c2ccccc2NC1c1cnc2ccc(Cl)cn12. The Hall–Kier alpha value is -2.53. The molecule has 3 heterocycles. The lowest BCUT2D eigenvalue weighted by Gasteiger charge is -2.34. The molecule has 1 N–H and O–H groups in total. The Balaban J connectivity index is 1.85. The lowest BCUT2D eigenvalue weighted by atomic mass is 10.1. The molecule has 1 atom stereocenters. The molecule has 6 heteroatoms. The third kappa shape index (κ3) is 1.86. The monoisotopic (exact) mass is 312 g/mol. The molecule has 0 saturated carbocycles. The Morgan fingerprint density at radius 1 is 1.23 bits per heavy atom. The number of pyridine rings is 1. The molecule has 5 nitrogen and oxygen atoms in total. The van der Waals surface area contributed by atoms with Crippen LogP contribution in [0.5, 0.6) is 0 Å². The van der Waals surface area contributed by atoms with E-state index in [0.29, 0.717) is 10.6 Å². The number of anilines is 1. The Morgan fingerprint density at radius 2 is 2.05 bits per heavy atom. The number of amides is 1. The molecule has 1 aliphatic heterocycles. The fourth-order valence-corrected chi connectivity index (χ4v) is 2.96. The van der Waals surface area contributed by atoms with Gasteiger partial charge in [-0.1, -0.05) is 23.7 Å². The molecule has 0 fully saturated rings. The van der Waals surface area contributed by atoms with E-state index in [1.54, 1.807) is 30.4 Å². The number of rotatable bonds is 1. The van der Waals surface area contributed by atoms with Crippen molar-refractivity contribution < 1.29 is 4.79 Å². The number of nitrogens with one attached hydrogen (secondary N) is 1. The Morgan fingerprint density at radius 3 is 2.91 bits per heavy atom. The van der Waals surface area contributed by atoms with Gasteiger partial charge in [-0.15, -0.1) is 0 Å². The molecule has 1 unspecified atom stereocenters. The third-order valence-corrected chi connectivity index (χ3v) is 4.16. The van der Waals surface area contributed by atoms with Crippen LogP contribution >= 0.6 is 11.6 Å². The molecular formula is C16H13ClN4O. The van der Waals surface area contributed by atoms with Crippen molar-refractivity contribution in [2.75, 3.05) is 12.4 Å². The van der Waals surface area contributed by atoms with Crippen molar-refractivity contribution >= 4 is 28.8 Å². The van der Waals surface area contributed by atoms with Crippen molar-refractivity contribution in [1.29, 1.82) is 0 Å². The van der Waals surface area contributed by atoms with Crippen LogP contribution < -0.4 is 5.32 Å². The van der Waals surface area contributed by atoms with Gasteiger partial charge in [0.05, 0.1) is 22.5 Å². The molecule has 0 spiro atoms. The number of imidazole rings is 1. The van der Waals surface area contributed by atoms with E-state index in [-0.39, 0.29) is 12.1 Å². The van der Waals surface area contributed by atoms with Crippen LogP contribution in [-0.2, 0) is 0 Å². The van der Waals surface area contributed by atoms with Gasteiger partial charge in [0, 0.05) is 18.9 Å². The minimum Gasteiger partial charge on any atom is -0.359 e. The summed E-state index contributed by atoms with van der Waals surface area (Å²) in [5, 5.41) is 4.01. The molecule has 1 aromatic carbocycles. The normalized spacial score (nSPS) is 17.5. The highest BCUT2D eigenvalue weighted by molar-refractivity contribution is 6.30. The quantitative estimate of drug-likeness (QED) is 0.751. The van der Waals surface area contributed by atoms with Crippen molar-refractivity contribution in [3.05, 3.63) is 65.1 Å². The number of halogens is 1. The Labute approximate surface area is 132 Å². The molecule has 1 aliphatic rings. The summed E-state index contributed by atoms with van der Waals surface area (Å²) >= 11 is 6.08. The molecule has 1 amide bonds. The first-order valence-electron chi connectivity index (χ1n) is 6.90. The number of fused-ring (bicyclic) bond motifs is 2. The van der Waals surface area contributed by atoms with Gasteiger partial charge in [0.2, 0.25) is 0 Å². The zero-order valence-corrected chi connectivity index (χ0v) is 12.6. The van der Waals surface area contributed by atoms with Crippen LogP contribution in [0.3, 0.4) is 0 Å². The third-order valence-electron chi connectivity index (χ3n) is 3.94. The molecule has 3 aromatic rings. The van der Waals surface area contributed by atoms with E-state index in [1.165, 1.54) is 0 Å². The molecule has 4 rings (SSSR count). The van der Waals surface area contributed by atoms with Gasteiger partial charge in [0.1, 0.15) is 11.8 Å². The van der Waals surface area contributed by atoms with Crippen LogP contribution in [0.25, 0.3) is 5.65 Å². The summed E-state index contributed by atoms with van der Waals surface area (Å²) < 4.78 is 1.90. The van der Waals surface area contributed by atoms with Crippen LogP contribution in [0.15, 0.2) is 48.8 Å². The summed E-state index contributed by atoms with van der Waals surface area (Å²) in [5.41, 5.74) is 3.16. The second-order valence-electron chi connectivity index (χ2n) is 5.27. The molecule has 2 aromatic heterocycles. The number of benzene rings is 1. The Kier molecular flexibility index (Phi) is 2.84. The highest BCUT2D eigenvalue weighted by Gasteiger charge is 2.31. The van der Waals surface area contributed by atoms with Crippen molar-refractivity contribution in [3.63, 3.8) is 0 Å². The van der Waals surface area contributed by atoms with Crippen molar-refractivity contribution in [3.8, 4) is 0 Å². The predicted octanol–water partition coefficient (Wildman–Crippen LogP) is 3.18. The highest BCUT2D eigenvalue weighted by Crippen LogP contribution is 2.32. The molecule has 0 radical (unpaired) electrons. The van der Waals surface area contributed by atoms with Crippen LogP contribution in [0.4, 0.5) is 5.69 Å². The van der Waals surface area contributed by atoms with Crippen molar-refractivity contribution in [2.45, 2.75) is 6.17 Å². The number of hydrogen-bond acceptors (Lipinski definition) is 3. The number of hydrogen-bond donors (Lipinski definition) is 1. The number of aromatic nitrogens is 2. The van der Waals surface area contributed by atoms with Crippen molar-refractivity contribution in [1.82, 2.24) is 14.3 Å². The van der Waals surface area contributed by atoms with Gasteiger partial charge >= 0.3 is 0 Å². The maximum absolute atomic E-state index is 12.6. The smallest absolute Gasteiger partial charge is 0.257 e. The zero-order chi connectivity index (χ0) is 15.3. The Bertz CT molecular complexity index is 889. The largest absolute Gasteiger partial charge is 0.359 e. The summed E-state index contributed by atoms with van der Waals surface area (Å²) in [6.45, 7) is 0. The summed E-state index contributed by atoms with van der Waals surface area (Å²) in [5.74, 6) is -0.0173. The van der Waals surface area contributed by atoms with Gasteiger partial charge in [-0.3, -0.25) is 9.20 Å². The van der Waals surface area contributed by atoms with Gasteiger partial charge < -0.3 is 10.2 Å². The van der Waals surface area contributed by atoms with Gasteiger partial charge in [0.25, 0.3) is 5.91 Å². The van der Waals surface area contributed by atoms with Crippen molar-refractivity contribution in [2.24, 2.45) is 0 Å². The molecule has 0 bridgehead atoms. The molecular weight excluding hydrogens is 300 g/mol. The second-order valence-corrected chi connectivity index (χ2v) is 5.70. The minimum atomic E-state index is -0.295. The van der Waals surface area contributed by atoms with E-state index in [0.717, 1.165) is 17.0 Å². The number of nitrogens with zero attached hydrogens (tertiary/aromatic N) is 3. The molecule has 22 heavy (non-hydrogen) atoms. The number of para-hydroxylation sites is 1. The molecule has 110 valence electrons. The summed E-state index contributed by atoms with van der Waals surface area (Å²) in [6, 6.07) is 11.1. The van der Waals surface area contributed by atoms with Gasteiger partial charge in [-0.2, -0.15) is 0 Å². The first kappa shape index (κ1) is 13.2. The number of carbonyl (C=O) groups is 1. The van der Waals surface area contributed by atoms with Crippen LogP contribution in [0.2, 0.25) is 5.02 Å². The molecule has 0 aliphatic carbocycles. The molecule has 0 saturated heterocycles. The van der Waals surface area contributed by atoms with Gasteiger partial charge in [-0.25, -0.2) is 4.98 Å². The van der Waals surface area contributed by atoms with Crippen LogP contribution in [0.1, 0.15) is 22.2 Å². The van der Waals surface area contributed by atoms with E-state index in [1.807, 2.05) is 34.7 Å². The predicted molar refractivity (Wildman–Crippen MR) is 85.1 cm³/mol. The average Bonchev–Trinajstić information content (AvgIpc) is 2.94. The van der Waals surface area contributed by atoms with E-state index < -0.39 is 0 Å². The summed E-state index contributed by atoms with van der Waals surface area (Å²) in [4.78, 5) is 18.6. The lowest BCUT2D eigenvalue weighted by Crippen LogP contribution is -2.40. The maximum Gasteiger partial charge on any atom is 0.257 e. The van der Waals surface area contributed by atoms with E-state index in [2.05, 4.69) is 10.3 Å². The topological polar surface area (TPSA) is 49.6 Å². The summed E-state index contributed by atoms with van der Waals surface area (Å²) in [6.07, 6.45) is 3.27. The van der Waals surface area contributed by atoms with E-state index >= 15 is 0 Å². The van der Waals surface area contributed by atoms with Crippen LogP contribution in [-0.4, -0.2) is 27.2 Å². The fourth-order valence-electron chi connectivity index (χ4n) is 2.79. The van der Waals surface area contributed by atoms with Crippen LogP contribution in [0, 0.1) is 0 Å². The van der Waals surface area contributed by atoms with Gasteiger partial charge in [0.15, 0.2) is 0 Å².